The van der Waals surface area contributed by atoms with Crippen LogP contribution in [0.2, 0.25) is 0 Å². The Morgan fingerprint density at radius 1 is 1.07 bits per heavy atom. The van der Waals surface area contributed by atoms with Crippen LogP contribution in [0.1, 0.15) is 51.2 Å². The van der Waals surface area contributed by atoms with Crippen molar-refractivity contribution < 1.29 is 24.0 Å². The van der Waals surface area contributed by atoms with Crippen molar-refractivity contribution in [2.45, 2.75) is 38.3 Å². The van der Waals surface area contributed by atoms with E-state index in [9.17, 15) is 24.0 Å². The van der Waals surface area contributed by atoms with Crippen molar-refractivity contribution in [3.63, 3.8) is 0 Å². The van der Waals surface area contributed by atoms with Crippen LogP contribution in [0.25, 0.3) is 0 Å². The zero-order chi connectivity index (χ0) is 21.3. The summed E-state index contributed by atoms with van der Waals surface area (Å²) in [5.41, 5.74) is 1.53. The van der Waals surface area contributed by atoms with E-state index in [1.807, 2.05) is 0 Å². The summed E-state index contributed by atoms with van der Waals surface area (Å²) < 4.78 is 0. The first-order chi connectivity index (χ1) is 14.5. The van der Waals surface area contributed by atoms with Gasteiger partial charge < -0.3 is 5.32 Å². The maximum absolute atomic E-state index is 13.0. The highest BCUT2D eigenvalue weighted by Crippen LogP contribution is 2.31. The number of Topliss-reactive ketones (excluding diaryl/α,β-unsaturated/α-hetero) is 2. The van der Waals surface area contributed by atoms with Gasteiger partial charge >= 0.3 is 0 Å². The standard InChI is InChI=1S/C22H19N3O5/c26-15-7-8-17(18(27)11-15)25-21(29)16-6-3-4-13(20(16)22(25)30)12-24-19(28)10-14-5-1-2-9-23-14/h1-6,9,17H,7-8,10-12H2,(H,24,28). The highest BCUT2D eigenvalue weighted by atomic mass is 16.2. The Hall–Kier alpha value is -3.68. The second kappa shape index (κ2) is 7.98. The Bertz CT molecular complexity index is 1060. The molecule has 152 valence electrons. The van der Waals surface area contributed by atoms with Crippen LogP contribution in [0.4, 0.5) is 0 Å². The van der Waals surface area contributed by atoms with Crippen LogP contribution in [0, 0.1) is 0 Å². The van der Waals surface area contributed by atoms with E-state index < -0.39 is 23.6 Å². The van der Waals surface area contributed by atoms with Gasteiger partial charge in [0.15, 0.2) is 5.78 Å². The number of benzene rings is 1. The molecule has 2 aliphatic rings. The molecule has 0 spiro atoms. The van der Waals surface area contributed by atoms with Gasteiger partial charge in [-0.25, -0.2) is 0 Å². The van der Waals surface area contributed by atoms with Gasteiger partial charge in [-0.1, -0.05) is 18.2 Å². The SMILES string of the molecule is O=C1CCC(N2C(=O)c3cccc(CNC(=O)Cc4ccccn4)c3C2=O)C(=O)C1. The van der Waals surface area contributed by atoms with E-state index in [0.29, 0.717) is 11.3 Å². The smallest absolute Gasteiger partial charge is 0.262 e. The third-order valence-electron chi connectivity index (χ3n) is 5.33. The Labute approximate surface area is 172 Å². The molecule has 0 radical (unpaired) electrons. The minimum absolute atomic E-state index is 0.0683. The first-order valence-electron chi connectivity index (χ1n) is 9.66. The number of imide groups is 1. The van der Waals surface area contributed by atoms with E-state index in [1.165, 1.54) is 6.07 Å². The maximum atomic E-state index is 13.0. The molecule has 4 rings (SSSR count). The predicted molar refractivity (Wildman–Crippen MR) is 104 cm³/mol. The molecule has 2 heterocycles. The van der Waals surface area contributed by atoms with Crippen LogP contribution < -0.4 is 5.32 Å². The molecule has 8 heteroatoms. The number of hydrogen-bond acceptors (Lipinski definition) is 6. The van der Waals surface area contributed by atoms with E-state index in [0.717, 1.165) is 4.90 Å². The molecule has 1 unspecified atom stereocenters. The zero-order valence-electron chi connectivity index (χ0n) is 16.1. The topological polar surface area (TPSA) is 114 Å². The van der Waals surface area contributed by atoms with Crippen LogP contribution in [-0.2, 0) is 27.3 Å². The third kappa shape index (κ3) is 3.63. The fraction of sp³-hybridized carbons (Fsp3) is 0.273. The van der Waals surface area contributed by atoms with Crippen LogP contribution in [0.15, 0.2) is 42.6 Å². The number of nitrogens with zero attached hydrogens (tertiary/aromatic N) is 2. The molecule has 3 amide bonds. The summed E-state index contributed by atoms with van der Waals surface area (Å²) in [5.74, 6) is -1.95. The van der Waals surface area contributed by atoms with Crippen LogP contribution in [-0.4, -0.2) is 45.2 Å². The van der Waals surface area contributed by atoms with Crippen molar-refractivity contribution in [1.82, 2.24) is 15.2 Å². The number of hydrogen-bond donors (Lipinski definition) is 1. The first kappa shape index (κ1) is 19.6. The molecule has 30 heavy (non-hydrogen) atoms. The lowest BCUT2D eigenvalue weighted by Gasteiger charge is -2.27. The van der Waals surface area contributed by atoms with Gasteiger partial charge in [0.25, 0.3) is 11.8 Å². The van der Waals surface area contributed by atoms with Crippen molar-refractivity contribution in [2.75, 3.05) is 0 Å². The lowest BCUT2D eigenvalue weighted by Crippen LogP contribution is -2.47. The highest BCUT2D eigenvalue weighted by molar-refractivity contribution is 6.24. The van der Waals surface area contributed by atoms with E-state index in [1.54, 1.807) is 36.5 Å². The summed E-state index contributed by atoms with van der Waals surface area (Å²) in [6.07, 6.45) is 1.76. The number of carbonyl (C=O) groups excluding carboxylic acids is 5. The van der Waals surface area contributed by atoms with E-state index in [2.05, 4.69) is 10.3 Å². The summed E-state index contributed by atoms with van der Waals surface area (Å²) in [5, 5.41) is 2.75. The Balaban J connectivity index is 1.51. The molecule has 1 fully saturated rings. The number of nitrogens with one attached hydrogen (secondary N) is 1. The predicted octanol–water partition coefficient (Wildman–Crippen LogP) is 1.23. The van der Waals surface area contributed by atoms with Gasteiger partial charge in [-0.2, -0.15) is 0 Å². The average Bonchev–Trinajstić information content (AvgIpc) is 2.98. The average molecular weight is 405 g/mol. The Kier molecular flexibility index (Phi) is 5.22. The molecule has 8 nitrogen and oxygen atoms in total. The molecule has 1 aromatic heterocycles. The summed E-state index contributed by atoms with van der Waals surface area (Å²) in [7, 11) is 0. The Morgan fingerprint density at radius 3 is 2.63 bits per heavy atom. The molecule has 1 atom stereocenters. The van der Waals surface area contributed by atoms with Gasteiger partial charge in [-0.3, -0.25) is 33.9 Å². The fourth-order valence-corrected chi connectivity index (χ4v) is 3.86. The number of ketones is 2. The van der Waals surface area contributed by atoms with Gasteiger partial charge in [0, 0.05) is 24.9 Å². The molecular formula is C22H19N3O5. The normalized spacial score (nSPS) is 18.5. The molecule has 1 aliphatic heterocycles. The second-order valence-electron chi connectivity index (χ2n) is 7.33. The first-order valence-corrected chi connectivity index (χ1v) is 9.66. The molecule has 2 aromatic rings. The monoisotopic (exact) mass is 405 g/mol. The second-order valence-corrected chi connectivity index (χ2v) is 7.33. The molecule has 1 saturated carbocycles. The minimum atomic E-state index is -0.915. The summed E-state index contributed by atoms with van der Waals surface area (Å²) in [6.45, 7) is 0.0683. The van der Waals surface area contributed by atoms with Crippen molar-refractivity contribution in [1.29, 1.82) is 0 Å². The van der Waals surface area contributed by atoms with Crippen LogP contribution in [0.5, 0.6) is 0 Å². The molecule has 1 N–H and O–H groups in total. The molecule has 0 saturated heterocycles. The van der Waals surface area contributed by atoms with Gasteiger partial charge in [-0.05, 0) is 30.2 Å². The van der Waals surface area contributed by atoms with Crippen LogP contribution >= 0.6 is 0 Å². The summed E-state index contributed by atoms with van der Waals surface area (Å²) in [4.78, 5) is 66.9. The summed E-state index contributed by atoms with van der Waals surface area (Å²) in [6, 6.07) is 9.22. The van der Waals surface area contributed by atoms with Crippen LogP contribution in [0.3, 0.4) is 0 Å². The quantitative estimate of drug-likeness (QED) is 0.591. The van der Waals surface area contributed by atoms with Crippen molar-refractivity contribution in [2.24, 2.45) is 0 Å². The third-order valence-corrected chi connectivity index (χ3v) is 5.33. The number of carbonyl (C=O) groups is 5. The zero-order valence-corrected chi connectivity index (χ0v) is 16.1. The van der Waals surface area contributed by atoms with Gasteiger partial charge in [0.05, 0.1) is 30.0 Å². The number of pyridine rings is 1. The van der Waals surface area contributed by atoms with E-state index in [-0.39, 0.29) is 55.0 Å². The maximum Gasteiger partial charge on any atom is 0.262 e. The number of aromatic nitrogens is 1. The molecule has 0 bridgehead atoms. The molecule has 1 aromatic carbocycles. The minimum Gasteiger partial charge on any atom is -0.352 e. The Morgan fingerprint density at radius 2 is 1.90 bits per heavy atom. The van der Waals surface area contributed by atoms with E-state index >= 15 is 0 Å². The highest BCUT2D eigenvalue weighted by Gasteiger charge is 2.45. The summed E-state index contributed by atoms with van der Waals surface area (Å²) >= 11 is 0. The van der Waals surface area contributed by atoms with Crippen molar-refractivity contribution >= 4 is 29.3 Å². The molecule has 1 aliphatic carbocycles. The number of rotatable bonds is 5. The lowest BCUT2D eigenvalue weighted by molar-refractivity contribution is -0.132. The fourth-order valence-electron chi connectivity index (χ4n) is 3.86. The number of fused-ring (bicyclic) bond motifs is 1. The lowest BCUT2D eigenvalue weighted by atomic mass is 9.92. The van der Waals surface area contributed by atoms with E-state index in [4.69, 9.17) is 0 Å². The number of amides is 3. The van der Waals surface area contributed by atoms with Gasteiger partial charge in [-0.15, -0.1) is 0 Å². The molecular weight excluding hydrogens is 386 g/mol. The van der Waals surface area contributed by atoms with Crippen molar-refractivity contribution in [3.05, 3.63) is 65.0 Å². The van der Waals surface area contributed by atoms with Crippen molar-refractivity contribution in [3.8, 4) is 0 Å². The largest absolute Gasteiger partial charge is 0.352 e. The van der Waals surface area contributed by atoms with Gasteiger partial charge in [0.2, 0.25) is 5.91 Å². The van der Waals surface area contributed by atoms with Gasteiger partial charge in [0.1, 0.15) is 5.78 Å².